The van der Waals surface area contributed by atoms with E-state index in [4.69, 9.17) is 4.74 Å². The third-order valence-electron chi connectivity index (χ3n) is 5.04. The van der Waals surface area contributed by atoms with Crippen LogP contribution < -0.4 is 10.6 Å². The van der Waals surface area contributed by atoms with E-state index in [-0.39, 0.29) is 10.8 Å². The van der Waals surface area contributed by atoms with Gasteiger partial charge in [0.05, 0.1) is 18.1 Å². The van der Waals surface area contributed by atoms with Crippen LogP contribution in [0.4, 0.5) is 5.69 Å². The number of amides is 1. The number of hydrogen-bond acceptors (Lipinski definition) is 6. The van der Waals surface area contributed by atoms with Gasteiger partial charge in [0, 0.05) is 43.0 Å². The van der Waals surface area contributed by atoms with Gasteiger partial charge in [0.15, 0.2) is 0 Å². The zero-order valence-corrected chi connectivity index (χ0v) is 17.3. The second-order valence-electron chi connectivity index (χ2n) is 7.08. The highest BCUT2D eigenvalue weighted by Crippen LogP contribution is 2.19. The molecule has 2 aromatic rings. The van der Waals surface area contributed by atoms with Crippen molar-refractivity contribution in [2.45, 2.75) is 11.3 Å². The Balaban J connectivity index is 1.42. The molecule has 0 unspecified atom stereocenters. The fourth-order valence-electron chi connectivity index (χ4n) is 3.35. The van der Waals surface area contributed by atoms with Gasteiger partial charge in [-0.2, -0.15) is 4.31 Å². The maximum absolute atomic E-state index is 12.7. The van der Waals surface area contributed by atoms with Gasteiger partial charge in [0.2, 0.25) is 10.0 Å². The van der Waals surface area contributed by atoms with E-state index in [9.17, 15) is 13.2 Å². The lowest BCUT2D eigenvalue weighted by atomic mass is 10.1. The predicted octanol–water partition coefficient (Wildman–Crippen LogP) is 1.70. The van der Waals surface area contributed by atoms with Crippen LogP contribution in [0.1, 0.15) is 22.3 Å². The van der Waals surface area contributed by atoms with E-state index in [0.29, 0.717) is 37.6 Å². The first-order chi connectivity index (χ1) is 14.5. The Kier molecular flexibility index (Phi) is 6.12. The molecule has 2 N–H and O–H groups in total. The van der Waals surface area contributed by atoms with E-state index in [1.54, 1.807) is 0 Å². The number of anilines is 1. The zero-order valence-electron chi connectivity index (χ0n) is 16.5. The molecule has 0 atom stereocenters. The van der Waals surface area contributed by atoms with Crippen molar-refractivity contribution in [3.8, 4) is 0 Å². The Hall–Kier alpha value is -2.75. The van der Waals surface area contributed by atoms with Crippen LogP contribution in [-0.4, -0.2) is 63.9 Å². The van der Waals surface area contributed by atoms with Crippen molar-refractivity contribution in [3.63, 3.8) is 0 Å². The highest BCUT2D eigenvalue weighted by molar-refractivity contribution is 7.89. The van der Waals surface area contributed by atoms with Gasteiger partial charge in [-0.05, 0) is 55.0 Å². The molecule has 2 aliphatic heterocycles. The van der Waals surface area contributed by atoms with Gasteiger partial charge in [0.25, 0.3) is 5.91 Å². The summed E-state index contributed by atoms with van der Waals surface area (Å²) in [6.45, 7) is 3.18. The Labute approximate surface area is 176 Å². The first kappa shape index (κ1) is 20.5. The number of benzene rings is 2. The molecule has 158 valence electrons. The van der Waals surface area contributed by atoms with Gasteiger partial charge in [-0.1, -0.05) is 0 Å². The van der Waals surface area contributed by atoms with E-state index in [1.807, 2.05) is 24.3 Å². The van der Waals surface area contributed by atoms with Gasteiger partial charge < -0.3 is 15.4 Å². The van der Waals surface area contributed by atoms with Crippen LogP contribution >= 0.6 is 0 Å². The minimum atomic E-state index is -3.57. The average molecular weight is 429 g/mol. The largest absolute Gasteiger partial charge is 0.379 e. The van der Waals surface area contributed by atoms with Crippen molar-refractivity contribution < 1.29 is 17.9 Å². The van der Waals surface area contributed by atoms with Crippen molar-refractivity contribution in [2.24, 2.45) is 4.99 Å². The van der Waals surface area contributed by atoms with Crippen molar-refractivity contribution in [3.05, 3.63) is 59.7 Å². The van der Waals surface area contributed by atoms with Crippen LogP contribution in [0.3, 0.4) is 0 Å². The predicted molar refractivity (Wildman–Crippen MR) is 114 cm³/mol. The number of hydrogen-bond donors (Lipinski definition) is 2. The Morgan fingerprint density at radius 1 is 1.03 bits per heavy atom. The Morgan fingerprint density at radius 3 is 2.37 bits per heavy atom. The molecular weight excluding hydrogens is 404 g/mol. The average Bonchev–Trinajstić information content (AvgIpc) is 2.81. The number of rotatable bonds is 5. The van der Waals surface area contributed by atoms with Crippen molar-refractivity contribution in [2.75, 3.05) is 44.7 Å². The maximum Gasteiger partial charge on any atom is 0.255 e. The van der Waals surface area contributed by atoms with E-state index in [0.717, 1.165) is 30.9 Å². The summed E-state index contributed by atoms with van der Waals surface area (Å²) in [5.41, 5.74) is 2.02. The molecule has 30 heavy (non-hydrogen) atoms. The quantitative estimate of drug-likeness (QED) is 0.755. The number of sulfonamides is 1. The topological polar surface area (TPSA) is 100 Å². The summed E-state index contributed by atoms with van der Waals surface area (Å²) in [7, 11) is -3.57. The molecule has 0 aromatic heterocycles. The van der Waals surface area contributed by atoms with Gasteiger partial charge in [-0.25, -0.2) is 8.42 Å². The lowest BCUT2D eigenvalue weighted by Crippen LogP contribution is -2.40. The summed E-state index contributed by atoms with van der Waals surface area (Å²) in [6, 6.07) is 13.4. The molecule has 2 aromatic carbocycles. The smallest absolute Gasteiger partial charge is 0.255 e. The van der Waals surface area contributed by atoms with E-state index in [1.165, 1.54) is 28.6 Å². The molecule has 0 aliphatic carbocycles. The molecule has 0 saturated carbocycles. The van der Waals surface area contributed by atoms with E-state index < -0.39 is 10.0 Å². The highest BCUT2D eigenvalue weighted by Gasteiger charge is 2.26. The number of ether oxygens (including phenoxy) is 1. The molecule has 0 bridgehead atoms. The van der Waals surface area contributed by atoms with E-state index in [2.05, 4.69) is 15.6 Å². The Morgan fingerprint density at radius 2 is 1.73 bits per heavy atom. The Bertz CT molecular complexity index is 1030. The van der Waals surface area contributed by atoms with Crippen LogP contribution in [0.2, 0.25) is 0 Å². The minimum Gasteiger partial charge on any atom is -0.379 e. The standard InChI is InChI=1S/C21H24N4O4S/c26-21(24-18-6-2-16(3-7-18)20-22-10-1-11-23-20)17-4-8-19(9-5-17)30(27,28)25-12-14-29-15-13-25/h2-9H,1,10-15H2,(H,22,23)(H,24,26). The second-order valence-corrected chi connectivity index (χ2v) is 9.02. The van der Waals surface area contributed by atoms with Gasteiger partial charge in [0.1, 0.15) is 5.84 Å². The number of aliphatic imine (C=N–C) groups is 1. The summed E-state index contributed by atoms with van der Waals surface area (Å²) in [5, 5.41) is 6.10. The van der Waals surface area contributed by atoms with Crippen LogP contribution in [0, 0.1) is 0 Å². The third kappa shape index (κ3) is 4.53. The third-order valence-corrected chi connectivity index (χ3v) is 6.95. The summed E-state index contributed by atoms with van der Waals surface area (Å²) in [5.74, 6) is 0.572. The maximum atomic E-state index is 12.7. The lowest BCUT2D eigenvalue weighted by Gasteiger charge is -2.26. The number of nitrogens with zero attached hydrogens (tertiary/aromatic N) is 2. The van der Waals surface area contributed by atoms with Crippen LogP contribution in [0.25, 0.3) is 0 Å². The molecule has 2 heterocycles. The van der Waals surface area contributed by atoms with E-state index >= 15 is 0 Å². The summed E-state index contributed by atoms with van der Waals surface area (Å²) in [6.07, 6.45) is 1.03. The molecule has 1 fully saturated rings. The van der Waals surface area contributed by atoms with Gasteiger partial charge in [-0.15, -0.1) is 0 Å². The first-order valence-electron chi connectivity index (χ1n) is 9.92. The summed E-state index contributed by atoms with van der Waals surface area (Å²) >= 11 is 0. The van der Waals surface area contributed by atoms with Crippen molar-refractivity contribution >= 4 is 27.5 Å². The molecule has 9 heteroatoms. The SMILES string of the molecule is O=C(Nc1ccc(C2=NCCCN2)cc1)c1ccc(S(=O)(=O)N2CCOCC2)cc1. The highest BCUT2D eigenvalue weighted by atomic mass is 32.2. The lowest BCUT2D eigenvalue weighted by molar-refractivity contribution is 0.0730. The molecule has 1 amide bonds. The zero-order chi connectivity index (χ0) is 21.0. The fourth-order valence-corrected chi connectivity index (χ4v) is 4.76. The molecule has 4 rings (SSSR count). The number of nitrogens with one attached hydrogen (secondary N) is 2. The van der Waals surface area contributed by atoms with Gasteiger partial charge in [-0.3, -0.25) is 9.79 Å². The number of morpholine rings is 1. The van der Waals surface area contributed by atoms with Crippen molar-refractivity contribution in [1.29, 1.82) is 0 Å². The van der Waals surface area contributed by atoms with Gasteiger partial charge >= 0.3 is 0 Å². The second kappa shape index (κ2) is 8.95. The molecule has 2 aliphatic rings. The molecule has 8 nitrogen and oxygen atoms in total. The normalized spacial score (nSPS) is 17.7. The van der Waals surface area contributed by atoms with Crippen LogP contribution in [0.5, 0.6) is 0 Å². The monoisotopic (exact) mass is 428 g/mol. The number of amidine groups is 1. The summed E-state index contributed by atoms with van der Waals surface area (Å²) in [4.78, 5) is 17.2. The minimum absolute atomic E-state index is 0.172. The number of carbonyl (C=O) groups excluding carboxylic acids is 1. The molecular formula is C21H24N4O4S. The molecule has 0 spiro atoms. The van der Waals surface area contributed by atoms with Crippen LogP contribution in [-0.2, 0) is 14.8 Å². The molecule has 1 saturated heterocycles. The van der Waals surface area contributed by atoms with Crippen molar-refractivity contribution in [1.82, 2.24) is 9.62 Å². The molecule has 0 radical (unpaired) electrons. The van der Waals surface area contributed by atoms with Crippen LogP contribution in [0.15, 0.2) is 58.4 Å². The fraction of sp³-hybridized carbons (Fsp3) is 0.333. The number of carbonyl (C=O) groups is 1. The summed E-state index contributed by atoms with van der Waals surface area (Å²) < 4.78 is 32.0. The first-order valence-corrected chi connectivity index (χ1v) is 11.4.